The van der Waals surface area contributed by atoms with E-state index in [9.17, 15) is 4.79 Å². The minimum atomic E-state index is -0.392. The zero-order chi connectivity index (χ0) is 10.6. The summed E-state index contributed by atoms with van der Waals surface area (Å²) in [5, 5.41) is 11.1. The second-order valence-corrected chi connectivity index (χ2v) is 3.42. The highest BCUT2D eigenvalue weighted by Gasteiger charge is 2.06. The molecule has 14 heavy (non-hydrogen) atoms. The number of nitrogens with zero attached hydrogens (tertiary/aromatic N) is 1. The normalized spacial score (nSPS) is 9.21. The van der Waals surface area contributed by atoms with Crippen molar-refractivity contribution in [2.45, 2.75) is 6.42 Å². The summed E-state index contributed by atoms with van der Waals surface area (Å²) in [5.41, 5.74) is 0.642. The summed E-state index contributed by atoms with van der Waals surface area (Å²) in [6.07, 6.45) is 1.62. The summed E-state index contributed by atoms with van der Waals surface area (Å²) in [7, 11) is 0. The van der Waals surface area contributed by atoms with E-state index in [-0.39, 0.29) is 6.42 Å². The van der Waals surface area contributed by atoms with E-state index in [4.69, 9.17) is 28.5 Å². The highest BCUT2D eigenvalue weighted by Crippen LogP contribution is 2.21. The van der Waals surface area contributed by atoms with Crippen LogP contribution in [0.15, 0.2) is 18.2 Å². The fourth-order valence-electron chi connectivity index (χ4n) is 0.945. The molecule has 3 nitrogen and oxygen atoms in total. The van der Waals surface area contributed by atoms with Crippen LogP contribution in [0.5, 0.6) is 0 Å². The number of amides is 1. The zero-order valence-corrected chi connectivity index (χ0v) is 8.56. The van der Waals surface area contributed by atoms with Crippen LogP contribution in [0.4, 0.5) is 0 Å². The lowest BCUT2D eigenvalue weighted by Crippen LogP contribution is -2.19. The molecule has 1 rings (SSSR count). The van der Waals surface area contributed by atoms with Gasteiger partial charge in [-0.2, -0.15) is 5.26 Å². The maximum atomic E-state index is 11.0. The van der Waals surface area contributed by atoms with Crippen LogP contribution >= 0.6 is 23.2 Å². The summed E-state index contributed by atoms with van der Waals surface area (Å²) in [6.45, 7) is 0. The highest BCUT2D eigenvalue weighted by molar-refractivity contribution is 6.35. The third kappa shape index (κ3) is 2.91. The molecule has 0 spiro atoms. The molecule has 1 aromatic rings. The Morgan fingerprint density at radius 1 is 1.50 bits per heavy atom. The first-order valence-electron chi connectivity index (χ1n) is 3.75. The van der Waals surface area contributed by atoms with Crippen LogP contribution < -0.4 is 5.32 Å². The van der Waals surface area contributed by atoms with Gasteiger partial charge < -0.3 is 0 Å². The van der Waals surface area contributed by atoms with E-state index in [0.717, 1.165) is 0 Å². The van der Waals surface area contributed by atoms with Gasteiger partial charge in [0, 0.05) is 10.0 Å². The molecule has 5 heteroatoms. The van der Waals surface area contributed by atoms with Crippen LogP contribution in [0.2, 0.25) is 10.0 Å². The van der Waals surface area contributed by atoms with Crippen LogP contribution in [0.1, 0.15) is 5.56 Å². The first-order chi connectivity index (χ1) is 6.63. The molecule has 1 amide bonds. The molecule has 0 atom stereocenters. The fraction of sp³-hybridized carbons (Fsp3) is 0.111. The molecule has 0 aliphatic heterocycles. The van der Waals surface area contributed by atoms with Crippen molar-refractivity contribution in [2.24, 2.45) is 0 Å². The monoisotopic (exact) mass is 228 g/mol. The standard InChI is InChI=1S/C9H6Cl2N2O/c10-7-2-1-6(8(11)4-7)3-9(14)13-5-12/h1-2,4H,3H2,(H,13,14). The Morgan fingerprint density at radius 2 is 2.21 bits per heavy atom. The number of nitrogens with one attached hydrogen (secondary N) is 1. The first kappa shape index (κ1) is 10.8. The van der Waals surface area contributed by atoms with Crippen molar-refractivity contribution in [1.29, 1.82) is 5.26 Å². The van der Waals surface area contributed by atoms with Crippen LogP contribution in [0.25, 0.3) is 0 Å². The highest BCUT2D eigenvalue weighted by atomic mass is 35.5. The van der Waals surface area contributed by atoms with Gasteiger partial charge in [0.25, 0.3) is 0 Å². The van der Waals surface area contributed by atoms with Crippen LogP contribution in [-0.4, -0.2) is 5.91 Å². The molecule has 0 radical (unpaired) electrons. The van der Waals surface area contributed by atoms with E-state index >= 15 is 0 Å². The second-order valence-electron chi connectivity index (χ2n) is 2.57. The number of hydrogen-bond acceptors (Lipinski definition) is 2. The molecule has 1 aromatic carbocycles. The Morgan fingerprint density at radius 3 is 2.79 bits per heavy atom. The molecular weight excluding hydrogens is 223 g/mol. The maximum Gasteiger partial charge on any atom is 0.237 e. The van der Waals surface area contributed by atoms with E-state index in [1.807, 2.05) is 5.32 Å². The van der Waals surface area contributed by atoms with Gasteiger partial charge in [-0.15, -0.1) is 0 Å². The Labute approximate surface area is 91.2 Å². The third-order valence-corrected chi connectivity index (χ3v) is 2.15. The van der Waals surface area contributed by atoms with Gasteiger partial charge >= 0.3 is 0 Å². The molecule has 0 aliphatic rings. The average molecular weight is 229 g/mol. The van der Waals surface area contributed by atoms with E-state index in [1.165, 1.54) is 0 Å². The van der Waals surface area contributed by atoms with Crippen molar-refractivity contribution < 1.29 is 4.79 Å². The number of hydrogen-bond donors (Lipinski definition) is 1. The van der Waals surface area contributed by atoms with E-state index < -0.39 is 5.91 Å². The number of rotatable bonds is 2. The SMILES string of the molecule is N#CNC(=O)Cc1ccc(Cl)cc1Cl. The lowest BCUT2D eigenvalue weighted by Gasteiger charge is -2.02. The third-order valence-electron chi connectivity index (χ3n) is 1.56. The summed E-state index contributed by atoms with van der Waals surface area (Å²) < 4.78 is 0. The smallest absolute Gasteiger partial charge is 0.237 e. The first-order valence-corrected chi connectivity index (χ1v) is 4.51. The van der Waals surface area contributed by atoms with Crippen molar-refractivity contribution in [3.63, 3.8) is 0 Å². The fourth-order valence-corrected chi connectivity index (χ4v) is 1.42. The zero-order valence-electron chi connectivity index (χ0n) is 7.05. The molecular formula is C9H6Cl2N2O. The van der Waals surface area contributed by atoms with Gasteiger partial charge in [-0.1, -0.05) is 29.3 Å². The lowest BCUT2D eigenvalue weighted by atomic mass is 10.1. The van der Waals surface area contributed by atoms with E-state index in [2.05, 4.69) is 0 Å². The van der Waals surface area contributed by atoms with Gasteiger partial charge in [-0.05, 0) is 17.7 Å². The Balaban J connectivity index is 2.78. The molecule has 0 saturated heterocycles. The van der Waals surface area contributed by atoms with E-state index in [0.29, 0.717) is 15.6 Å². The van der Waals surface area contributed by atoms with Crippen molar-refractivity contribution in [1.82, 2.24) is 5.32 Å². The van der Waals surface area contributed by atoms with Crippen molar-refractivity contribution >= 4 is 29.1 Å². The minimum absolute atomic E-state index is 0.0730. The Kier molecular flexibility index (Phi) is 3.75. The summed E-state index contributed by atoms with van der Waals surface area (Å²) in [4.78, 5) is 11.0. The van der Waals surface area contributed by atoms with Crippen molar-refractivity contribution in [3.8, 4) is 6.19 Å². The number of nitriles is 1. The minimum Gasteiger partial charge on any atom is -0.274 e. The van der Waals surface area contributed by atoms with Gasteiger partial charge in [0.15, 0.2) is 6.19 Å². The van der Waals surface area contributed by atoms with E-state index in [1.54, 1.807) is 24.4 Å². The summed E-state index contributed by atoms with van der Waals surface area (Å²) in [5.74, 6) is -0.392. The lowest BCUT2D eigenvalue weighted by molar-refractivity contribution is -0.119. The molecule has 0 heterocycles. The summed E-state index contributed by atoms with van der Waals surface area (Å²) in [6, 6.07) is 4.85. The molecule has 0 aliphatic carbocycles. The predicted molar refractivity (Wildman–Crippen MR) is 53.9 cm³/mol. The summed E-state index contributed by atoms with van der Waals surface area (Å²) >= 11 is 11.5. The van der Waals surface area contributed by atoms with Crippen molar-refractivity contribution in [2.75, 3.05) is 0 Å². The van der Waals surface area contributed by atoms with Crippen molar-refractivity contribution in [3.05, 3.63) is 33.8 Å². The maximum absolute atomic E-state index is 11.0. The van der Waals surface area contributed by atoms with Crippen LogP contribution in [0.3, 0.4) is 0 Å². The number of carbonyl (C=O) groups is 1. The Bertz CT molecular complexity index is 398. The molecule has 0 bridgehead atoms. The van der Waals surface area contributed by atoms with Crippen LogP contribution in [0, 0.1) is 11.5 Å². The predicted octanol–water partition coefficient (Wildman–Crippen LogP) is 2.13. The van der Waals surface area contributed by atoms with Gasteiger partial charge in [0.1, 0.15) is 0 Å². The molecule has 0 fully saturated rings. The molecule has 0 unspecified atom stereocenters. The largest absolute Gasteiger partial charge is 0.274 e. The number of carbonyl (C=O) groups excluding carboxylic acids is 1. The number of halogens is 2. The van der Waals surface area contributed by atoms with Crippen LogP contribution in [-0.2, 0) is 11.2 Å². The van der Waals surface area contributed by atoms with Gasteiger partial charge in [-0.25, -0.2) is 0 Å². The quantitative estimate of drug-likeness (QED) is 0.623. The molecule has 0 saturated carbocycles. The number of benzene rings is 1. The second kappa shape index (κ2) is 4.85. The molecule has 0 aromatic heterocycles. The van der Waals surface area contributed by atoms with Gasteiger partial charge in [0.05, 0.1) is 6.42 Å². The average Bonchev–Trinajstić information content (AvgIpc) is 2.10. The topological polar surface area (TPSA) is 52.9 Å². The Hall–Kier alpha value is -1.24. The molecule has 72 valence electrons. The van der Waals surface area contributed by atoms with Gasteiger partial charge in [0.2, 0.25) is 5.91 Å². The molecule has 1 N–H and O–H groups in total. The van der Waals surface area contributed by atoms with Gasteiger partial charge in [-0.3, -0.25) is 10.1 Å².